The number of hydrogen-bond donors (Lipinski definition) is 1. The minimum atomic E-state index is -0.266. The maximum atomic E-state index is 11.0. The highest BCUT2D eigenvalue weighted by molar-refractivity contribution is 7.97. The first-order valence-corrected chi connectivity index (χ1v) is 4.17. The summed E-state index contributed by atoms with van der Waals surface area (Å²) in [7, 11) is 0. The Balaban J connectivity index is 2.69. The zero-order chi connectivity index (χ0) is 8.10. The predicted molar refractivity (Wildman–Crippen MR) is 43.0 cm³/mol. The molecule has 0 aromatic carbocycles. The van der Waals surface area contributed by atoms with Gasteiger partial charge in [-0.25, -0.2) is 9.97 Å². The van der Waals surface area contributed by atoms with Gasteiger partial charge in [-0.3, -0.25) is 9.52 Å². The monoisotopic (exact) mass is 169 g/mol. The molecule has 0 spiro atoms. The second-order valence-corrected chi connectivity index (χ2v) is 2.32. The molecule has 58 valence electrons. The summed E-state index contributed by atoms with van der Waals surface area (Å²) in [5.41, 5.74) is 0. The Morgan fingerprint density at radius 2 is 2.18 bits per heavy atom. The second kappa shape index (κ2) is 3.92. The molecule has 1 rings (SSSR count). The van der Waals surface area contributed by atoms with Gasteiger partial charge in [0.2, 0.25) is 5.82 Å². The van der Waals surface area contributed by atoms with E-state index in [9.17, 15) is 4.79 Å². The molecule has 0 bridgehead atoms. The van der Waals surface area contributed by atoms with Crippen LogP contribution in [0.25, 0.3) is 0 Å². The number of carbonyl (C=O) groups excluding carboxylic acids is 1. The van der Waals surface area contributed by atoms with Crippen LogP contribution in [0.5, 0.6) is 0 Å². The number of hydrogen-bond acceptors (Lipinski definition) is 4. The van der Waals surface area contributed by atoms with E-state index in [0.717, 1.165) is 0 Å². The zero-order valence-electron chi connectivity index (χ0n) is 5.94. The quantitative estimate of drug-likeness (QED) is 0.654. The molecule has 0 radical (unpaired) electrons. The summed E-state index contributed by atoms with van der Waals surface area (Å²) in [5.74, 6) is -0.0695. The summed E-state index contributed by atoms with van der Waals surface area (Å²) >= 11 is 1.23. The summed E-state index contributed by atoms with van der Waals surface area (Å²) in [6, 6.07) is 1.66. The van der Waals surface area contributed by atoms with Crippen molar-refractivity contribution in [2.24, 2.45) is 0 Å². The van der Waals surface area contributed by atoms with Gasteiger partial charge in [0.15, 0.2) is 0 Å². The van der Waals surface area contributed by atoms with Crippen molar-refractivity contribution < 1.29 is 4.79 Å². The summed E-state index contributed by atoms with van der Waals surface area (Å²) in [5, 5.41) is 0. The summed E-state index contributed by atoms with van der Waals surface area (Å²) < 4.78 is 2.51. The smallest absolute Gasteiger partial charge is 0.293 e. The molecule has 0 aliphatic heterocycles. The fourth-order valence-electron chi connectivity index (χ4n) is 0.555. The molecule has 0 fully saturated rings. The van der Waals surface area contributed by atoms with Gasteiger partial charge in [0.25, 0.3) is 5.91 Å². The molecule has 1 heterocycles. The Kier molecular flexibility index (Phi) is 2.85. The molecule has 0 aliphatic carbocycles. The number of nitrogens with one attached hydrogen (secondary N) is 1. The molecule has 4 nitrogen and oxygen atoms in total. The predicted octanol–water partition coefficient (Wildman–Crippen LogP) is 0.484. The molecule has 0 aliphatic rings. The van der Waals surface area contributed by atoms with E-state index in [4.69, 9.17) is 0 Å². The van der Waals surface area contributed by atoms with Gasteiger partial charge in [0.1, 0.15) is 0 Å². The maximum absolute atomic E-state index is 11.0. The highest BCUT2D eigenvalue weighted by Gasteiger charge is 2.04. The minimum absolute atomic E-state index is 0.196. The molecule has 0 unspecified atom stereocenters. The lowest BCUT2D eigenvalue weighted by Crippen LogP contribution is -2.17. The highest BCUT2D eigenvalue weighted by Crippen LogP contribution is 1.90. The minimum Gasteiger partial charge on any atom is -0.293 e. The van der Waals surface area contributed by atoms with Crippen molar-refractivity contribution in [3.05, 3.63) is 24.3 Å². The van der Waals surface area contributed by atoms with E-state index in [1.807, 2.05) is 0 Å². The molecule has 11 heavy (non-hydrogen) atoms. The van der Waals surface area contributed by atoms with Crippen LogP contribution in [0.4, 0.5) is 0 Å². The first-order valence-electron chi connectivity index (χ1n) is 2.95. The van der Waals surface area contributed by atoms with Crippen molar-refractivity contribution in [3.8, 4) is 0 Å². The normalized spacial score (nSPS) is 9.18. The van der Waals surface area contributed by atoms with Crippen LogP contribution in [0, 0.1) is 0 Å². The van der Waals surface area contributed by atoms with Gasteiger partial charge in [-0.1, -0.05) is 11.9 Å². The van der Waals surface area contributed by atoms with Crippen molar-refractivity contribution in [2.45, 2.75) is 0 Å². The Bertz CT molecular complexity index is 239. The van der Waals surface area contributed by atoms with E-state index >= 15 is 0 Å². The second-order valence-electron chi connectivity index (χ2n) is 1.71. The van der Waals surface area contributed by atoms with E-state index < -0.39 is 0 Å². The van der Waals surface area contributed by atoms with Crippen LogP contribution in [-0.2, 0) is 0 Å². The third-order valence-electron chi connectivity index (χ3n) is 0.964. The van der Waals surface area contributed by atoms with E-state index in [1.54, 1.807) is 12.3 Å². The summed E-state index contributed by atoms with van der Waals surface area (Å²) in [4.78, 5) is 18.5. The molecule has 0 atom stereocenters. The van der Waals surface area contributed by atoms with Crippen molar-refractivity contribution in [1.29, 1.82) is 0 Å². The fourth-order valence-corrected chi connectivity index (χ4v) is 0.831. The molecule has 5 heteroatoms. The van der Waals surface area contributed by atoms with E-state index in [1.165, 1.54) is 24.3 Å². The first kappa shape index (κ1) is 8.00. The molecular weight excluding hydrogens is 162 g/mol. The Morgan fingerprint density at radius 1 is 1.55 bits per heavy atom. The fraction of sp³-hybridized carbons (Fsp3) is 0.167. The standard InChI is InChI=1S/C6H7N3OS/c1-11-9-6(10)5-7-3-2-4-8-5/h2-4H,1H3,(H,9,10). The van der Waals surface area contributed by atoms with E-state index in [2.05, 4.69) is 14.7 Å². The summed E-state index contributed by atoms with van der Waals surface area (Å²) in [6.45, 7) is 0. The Hall–Kier alpha value is -1.10. The van der Waals surface area contributed by atoms with Crippen molar-refractivity contribution in [3.63, 3.8) is 0 Å². The maximum Gasteiger partial charge on any atom is 0.298 e. The largest absolute Gasteiger partial charge is 0.298 e. The summed E-state index contributed by atoms with van der Waals surface area (Å²) in [6.07, 6.45) is 4.82. The lowest BCUT2D eigenvalue weighted by Gasteiger charge is -1.96. The number of amides is 1. The number of carbonyl (C=O) groups is 1. The SMILES string of the molecule is CSNC(=O)c1ncccn1. The van der Waals surface area contributed by atoms with Crippen LogP contribution in [0.15, 0.2) is 18.5 Å². The number of aromatic nitrogens is 2. The Labute approximate surface area is 68.6 Å². The molecule has 1 N–H and O–H groups in total. The lowest BCUT2D eigenvalue weighted by molar-refractivity contribution is 0.0974. The first-order chi connectivity index (χ1) is 5.34. The van der Waals surface area contributed by atoms with Gasteiger partial charge in [0.05, 0.1) is 0 Å². The molecule has 1 aromatic rings. The van der Waals surface area contributed by atoms with Crippen LogP contribution in [0.3, 0.4) is 0 Å². The van der Waals surface area contributed by atoms with Crippen molar-refractivity contribution in [2.75, 3.05) is 6.26 Å². The molecule has 0 saturated heterocycles. The Morgan fingerprint density at radius 3 is 2.73 bits per heavy atom. The highest BCUT2D eigenvalue weighted by atomic mass is 32.2. The van der Waals surface area contributed by atoms with Crippen LogP contribution < -0.4 is 4.72 Å². The van der Waals surface area contributed by atoms with Gasteiger partial charge >= 0.3 is 0 Å². The van der Waals surface area contributed by atoms with Gasteiger partial charge < -0.3 is 0 Å². The molecular formula is C6H7N3OS. The van der Waals surface area contributed by atoms with Gasteiger partial charge in [-0.2, -0.15) is 0 Å². The van der Waals surface area contributed by atoms with Crippen LogP contribution in [-0.4, -0.2) is 22.1 Å². The van der Waals surface area contributed by atoms with E-state index in [0.29, 0.717) is 0 Å². The number of rotatable bonds is 2. The van der Waals surface area contributed by atoms with Gasteiger partial charge in [0, 0.05) is 18.6 Å². The molecule has 0 saturated carbocycles. The lowest BCUT2D eigenvalue weighted by atomic mass is 10.5. The van der Waals surface area contributed by atoms with Crippen molar-refractivity contribution >= 4 is 17.9 Å². The van der Waals surface area contributed by atoms with Crippen LogP contribution >= 0.6 is 11.9 Å². The van der Waals surface area contributed by atoms with Gasteiger partial charge in [-0.05, 0) is 6.07 Å². The molecule has 1 aromatic heterocycles. The number of nitrogens with zero attached hydrogens (tertiary/aromatic N) is 2. The van der Waals surface area contributed by atoms with Crippen molar-refractivity contribution in [1.82, 2.24) is 14.7 Å². The third-order valence-corrected chi connectivity index (χ3v) is 1.35. The average Bonchev–Trinajstić information content (AvgIpc) is 2.07. The topological polar surface area (TPSA) is 54.9 Å². The van der Waals surface area contributed by atoms with Gasteiger partial charge in [-0.15, -0.1) is 0 Å². The average molecular weight is 169 g/mol. The van der Waals surface area contributed by atoms with Crippen LogP contribution in [0.2, 0.25) is 0 Å². The molecule has 1 amide bonds. The van der Waals surface area contributed by atoms with Crippen LogP contribution in [0.1, 0.15) is 10.6 Å². The zero-order valence-corrected chi connectivity index (χ0v) is 6.76. The van der Waals surface area contributed by atoms with E-state index in [-0.39, 0.29) is 11.7 Å². The third kappa shape index (κ3) is 2.19.